The van der Waals surface area contributed by atoms with Gasteiger partial charge >= 0.3 is 0 Å². The van der Waals surface area contributed by atoms with Crippen LogP contribution in [0.15, 0.2) is 28.7 Å². The molecule has 1 rings (SSSR count). The highest BCUT2D eigenvalue weighted by molar-refractivity contribution is 9.10. The highest BCUT2D eigenvalue weighted by Gasteiger charge is 2.15. The van der Waals surface area contributed by atoms with Crippen molar-refractivity contribution in [3.05, 3.63) is 34.3 Å². The standard InChI is InChI=1S/C13H20BrNO2/c1-9(2)12(8-16)15-7-13(17)10-5-3-4-6-11(10)14/h3-6,9,12-13,15-17H,7-8H2,1-2H3/t12-,13?/m0/s1. The summed E-state index contributed by atoms with van der Waals surface area (Å²) in [5, 5.41) is 22.4. The lowest BCUT2D eigenvalue weighted by Gasteiger charge is -2.22. The molecule has 1 aromatic rings. The van der Waals surface area contributed by atoms with Gasteiger partial charge in [-0.3, -0.25) is 0 Å². The molecule has 0 aliphatic carbocycles. The summed E-state index contributed by atoms with van der Waals surface area (Å²) in [4.78, 5) is 0. The van der Waals surface area contributed by atoms with Gasteiger partial charge in [0.05, 0.1) is 12.7 Å². The summed E-state index contributed by atoms with van der Waals surface area (Å²) >= 11 is 3.41. The van der Waals surface area contributed by atoms with Gasteiger partial charge in [-0.25, -0.2) is 0 Å². The largest absolute Gasteiger partial charge is 0.395 e. The van der Waals surface area contributed by atoms with Gasteiger partial charge < -0.3 is 15.5 Å². The second-order valence-corrected chi connectivity index (χ2v) is 5.33. The Balaban J connectivity index is 2.55. The molecule has 1 aromatic carbocycles. The molecule has 0 radical (unpaired) electrons. The Hall–Kier alpha value is -0.420. The summed E-state index contributed by atoms with van der Waals surface area (Å²) in [5.41, 5.74) is 0.862. The fraction of sp³-hybridized carbons (Fsp3) is 0.538. The molecule has 3 N–H and O–H groups in total. The van der Waals surface area contributed by atoms with Crippen molar-refractivity contribution >= 4 is 15.9 Å². The zero-order valence-corrected chi connectivity index (χ0v) is 11.8. The van der Waals surface area contributed by atoms with Crippen LogP contribution >= 0.6 is 15.9 Å². The van der Waals surface area contributed by atoms with Crippen LogP contribution in [0.25, 0.3) is 0 Å². The number of hydrogen-bond donors (Lipinski definition) is 3. The molecule has 2 atom stereocenters. The van der Waals surface area contributed by atoms with Crippen LogP contribution in [0, 0.1) is 5.92 Å². The molecule has 0 spiro atoms. The Morgan fingerprint density at radius 3 is 2.47 bits per heavy atom. The zero-order valence-electron chi connectivity index (χ0n) is 10.2. The molecule has 0 aliphatic rings. The number of aliphatic hydroxyl groups excluding tert-OH is 2. The van der Waals surface area contributed by atoms with Crippen LogP contribution in [0.5, 0.6) is 0 Å². The molecule has 0 bridgehead atoms. The number of halogens is 1. The summed E-state index contributed by atoms with van der Waals surface area (Å²) in [6.07, 6.45) is -0.571. The Labute approximate surface area is 111 Å². The van der Waals surface area contributed by atoms with Gasteiger partial charge in [0, 0.05) is 17.1 Å². The van der Waals surface area contributed by atoms with Crippen LogP contribution in [0.4, 0.5) is 0 Å². The van der Waals surface area contributed by atoms with Gasteiger partial charge in [0.2, 0.25) is 0 Å². The second kappa shape index (κ2) is 7.11. The first-order valence-corrected chi connectivity index (χ1v) is 6.62. The van der Waals surface area contributed by atoms with E-state index in [2.05, 4.69) is 21.2 Å². The van der Waals surface area contributed by atoms with Crippen LogP contribution in [0.2, 0.25) is 0 Å². The molecule has 0 aromatic heterocycles. The Morgan fingerprint density at radius 2 is 1.94 bits per heavy atom. The SMILES string of the molecule is CC(C)[C@H](CO)NCC(O)c1ccccc1Br. The molecule has 0 aliphatic heterocycles. The maximum atomic E-state index is 10.1. The number of rotatable bonds is 6. The van der Waals surface area contributed by atoms with Crippen molar-refractivity contribution in [3.8, 4) is 0 Å². The molecule has 0 saturated heterocycles. The first-order valence-electron chi connectivity index (χ1n) is 5.83. The van der Waals surface area contributed by atoms with Crippen molar-refractivity contribution in [2.45, 2.75) is 26.0 Å². The third-order valence-corrected chi connectivity index (χ3v) is 3.56. The summed E-state index contributed by atoms with van der Waals surface area (Å²) in [5.74, 6) is 0.339. The lowest BCUT2D eigenvalue weighted by molar-refractivity contribution is 0.148. The zero-order chi connectivity index (χ0) is 12.8. The monoisotopic (exact) mass is 301 g/mol. The lowest BCUT2D eigenvalue weighted by atomic mass is 10.0. The average Bonchev–Trinajstić information content (AvgIpc) is 2.29. The summed E-state index contributed by atoms with van der Waals surface area (Å²) < 4.78 is 0.902. The van der Waals surface area contributed by atoms with E-state index in [0.717, 1.165) is 10.0 Å². The normalized spacial score (nSPS) is 14.9. The van der Waals surface area contributed by atoms with E-state index in [0.29, 0.717) is 12.5 Å². The molecule has 1 unspecified atom stereocenters. The van der Waals surface area contributed by atoms with Crippen LogP contribution in [0.3, 0.4) is 0 Å². The molecule has 17 heavy (non-hydrogen) atoms. The molecular formula is C13H20BrNO2. The highest BCUT2D eigenvalue weighted by Crippen LogP contribution is 2.22. The summed E-state index contributed by atoms with van der Waals surface area (Å²) in [7, 11) is 0. The quantitative estimate of drug-likeness (QED) is 0.754. The van der Waals surface area contributed by atoms with E-state index in [1.54, 1.807) is 0 Å². The van der Waals surface area contributed by atoms with Gasteiger partial charge in [-0.05, 0) is 17.5 Å². The van der Waals surface area contributed by atoms with E-state index in [-0.39, 0.29) is 12.6 Å². The van der Waals surface area contributed by atoms with Crippen LogP contribution < -0.4 is 5.32 Å². The Morgan fingerprint density at radius 1 is 1.29 bits per heavy atom. The van der Waals surface area contributed by atoms with E-state index in [1.807, 2.05) is 38.1 Å². The summed E-state index contributed by atoms with van der Waals surface area (Å²) in [6.45, 7) is 4.60. The van der Waals surface area contributed by atoms with Gasteiger partial charge in [-0.15, -0.1) is 0 Å². The smallest absolute Gasteiger partial charge is 0.0925 e. The minimum atomic E-state index is -0.571. The van der Waals surface area contributed by atoms with Crippen molar-refractivity contribution in [1.29, 1.82) is 0 Å². The number of aliphatic hydroxyl groups is 2. The predicted octanol–water partition coefficient (Wildman–Crippen LogP) is 2.09. The molecule has 4 heteroatoms. The van der Waals surface area contributed by atoms with E-state index in [1.165, 1.54) is 0 Å². The molecular weight excluding hydrogens is 282 g/mol. The molecule has 0 saturated carbocycles. The molecule has 0 heterocycles. The third-order valence-electron chi connectivity index (χ3n) is 2.84. The van der Waals surface area contributed by atoms with Crippen molar-refractivity contribution < 1.29 is 10.2 Å². The van der Waals surface area contributed by atoms with E-state index in [9.17, 15) is 10.2 Å². The predicted molar refractivity (Wildman–Crippen MR) is 72.8 cm³/mol. The maximum absolute atomic E-state index is 10.1. The van der Waals surface area contributed by atoms with Gasteiger partial charge in [0.1, 0.15) is 0 Å². The van der Waals surface area contributed by atoms with Crippen LogP contribution in [-0.4, -0.2) is 29.4 Å². The topological polar surface area (TPSA) is 52.5 Å². The molecule has 96 valence electrons. The second-order valence-electron chi connectivity index (χ2n) is 4.48. The molecule has 0 fully saturated rings. The summed E-state index contributed by atoms with van der Waals surface area (Å²) in [6, 6.07) is 7.63. The van der Waals surface area contributed by atoms with Crippen molar-refractivity contribution in [3.63, 3.8) is 0 Å². The molecule has 0 amide bonds. The van der Waals surface area contributed by atoms with Gasteiger partial charge in [0.15, 0.2) is 0 Å². The lowest BCUT2D eigenvalue weighted by Crippen LogP contribution is -2.39. The Kier molecular flexibility index (Phi) is 6.12. The van der Waals surface area contributed by atoms with Crippen molar-refractivity contribution in [1.82, 2.24) is 5.32 Å². The van der Waals surface area contributed by atoms with Crippen molar-refractivity contribution in [2.75, 3.05) is 13.2 Å². The number of benzene rings is 1. The van der Waals surface area contributed by atoms with E-state index < -0.39 is 6.10 Å². The maximum Gasteiger partial charge on any atom is 0.0925 e. The number of nitrogens with one attached hydrogen (secondary N) is 1. The van der Waals surface area contributed by atoms with E-state index >= 15 is 0 Å². The van der Waals surface area contributed by atoms with Crippen LogP contribution in [0.1, 0.15) is 25.5 Å². The van der Waals surface area contributed by atoms with Gasteiger partial charge in [0.25, 0.3) is 0 Å². The van der Waals surface area contributed by atoms with Gasteiger partial charge in [-0.1, -0.05) is 48.0 Å². The van der Waals surface area contributed by atoms with E-state index in [4.69, 9.17) is 0 Å². The fourth-order valence-electron chi connectivity index (χ4n) is 1.63. The third kappa shape index (κ3) is 4.39. The minimum absolute atomic E-state index is 0.0205. The fourth-order valence-corrected chi connectivity index (χ4v) is 2.18. The Bertz CT molecular complexity index is 344. The van der Waals surface area contributed by atoms with Crippen molar-refractivity contribution in [2.24, 2.45) is 5.92 Å². The molecule has 3 nitrogen and oxygen atoms in total. The van der Waals surface area contributed by atoms with Gasteiger partial charge in [-0.2, -0.15) is 0 Å². The first-order chi connectivity index (χ1) is 8.06. The highest BCUT2D eigenvalue weighted by atomic mass is 79.9. The average molecular weight is 302 g/mol. The number of hydrogen-bond acceptors (Lipinski definition) is 3. The first kappa shape index (κ1) is 14.6. The van der Waals surface area contributed by atoms with Crippen LogP contribution in [-0.2, 0) is 0 Å². The minimum Gasteiger partial charge on any atom is -0.395 e.